The maximum Gasteiger partial charge on any atom is 0.294 e. The van der Waals surface area contributed by atoms with Gasteiger partial charge in [-0.25, -0.2) is 0 Å². The molecule has 3 rings (SSSR count). The largest absolute Gasteiger partial charge is 0.482 e. The van der Waals surface area contributed by atoms with Crippen LogP contribution in [0.1, 0.15) is 29.6 Å². The second-order valence-corrected chi connectivity index (χ2v) is 7.55. The number of nitrogens with zero attached hydrogens (tertiary/aromatic N) is 2. The van der Waals surface area contributed by atoms with Crippen molar-refractivity contribution in [3.63, 3.8) is 0 Å². The molecule has 2 heterocycles. The molecular weight excluding hydrogens is 444 g/mol. The van der Waals surface area contributed by atoms with Crippen molar-refractivity contribution in [2.75, 3.05) is 25.0 Å². The number of benzene rings is 1. The molecule has 3 amide bonds. The van der Waals surface area contributed by atoms with E-state index >= 15 is 0 Å². The van der Waals surface area contributed by atoms with Crippen LogP contribution in [-0.4, -0.2) is 53.5 Å². The van der Waals surface area contributed by atoms with Crippen LogP contribution in [0, 0.1) is 6.92 Å². The van der Waals surface area contributed by atoms with E-state index in [1.807, 2.05) is 0 Å². The van der Waals surface area contributed by atoms with Gasteiger partial charge in [0.05, 0.1) is 17.4 Å². The lowest BCUT2D eigenvalue weighted by molar-refractivity contribution is -0.138. The van der Waals surface area contributed by atoms with Gasteiger partial charge < -0.3 is 24.8 Å². The zero-order chi connectivity index (χ0) is 21.0. The summed E-state index contributed by atoms with van der Waals surface area (Å²) in [7, 11) is 0. The molecule has 0 unspecified atom stereocenters. The predicted molar refractivity (Wildman–Crippen MR) is 108 cm³/mol. The number of hydrogen-bond acceptors (Lipinski definition) is 6. The number of hydrogen-bond donors (Lipinski definition) is 2. The van der Waals surface area contributed by atoms with Crippen LogP contribution in [0.5, 0.6) is 5.75 Å². The van der Waals surface area contributed by atoms with Gasteiger partial charge in [-0.3, -0.25) is 14.4 Å². The molecule has 1 fully saturated rings. The normalized spacial score (nSPS) is 13.6. The first kappa shape index (κ1) is 20.8. The second kappa shape index (κ2) is 9.08. The third-order valence-corrected chi connectivity index (χ3v) is 4.80. The summed E-state index contributed by atoms with van der Waals surface area (Å²) in [6, 6.07) is 6.49. The molecule has 10 heteroatoms. The Labute approximate surface area is 175 Å². The van der Waals surface area contributed by atoms with Crippen LogP contribution in [0.25, 0.3) is 0 Å². The van der Waals surface area contributed by atoms with Gasteiger partial charge in [-0.1, -0.05) is 28.0 Å². The molecule has 29 heavy (non-hydrogen) atoms. The van der Waals surface area contributed by atoms with E-state index in [4.69, 9.17) is 9.26 Å². The number of likely N-dealkylation sites (tertiary alicyclic amines) is 1. The van der Waals surface area contributed by atoms with Crippen molar-refractivity contribution in [1.82, 2.24) is 15.4 Å². The third kappa shape index (κ3) is 5.35. The van der Waals surface area contributed by atoms with E-state index < -0.39 is 5.91 Å². The Balaban J connectivity index is 1.55. The second-order valence-electron chi connectivity index (χ2n) is 6.63. The van der Waals surface area contributed by atoms with Gasteiger partial charge in [0, 0.05) is 30.0 Å². The lowest BCUT2D eigenvalue weighted by atomic mass is 10.1. The summed E-state index contributed by atoms with van der Waals surface area (Å²) < 4.78 is 11.3. The van der Waals surface area contributed by atoms with Crippen LogP contribution in [0.4, 0.5) is 5.69 Å². The molecule has 1 aromatic heterocycles. The Kier molecular flexibility index (Phi) is 6.53. The number of carbonyl (C=O) groups is 3. The van der Waals surface area contributed by atoms with Crippen LogP contribution < -0.4 is 15.4 Å². The van der Waals surface area contributed by atoms with Crippen molar-refractivity contribution in [3.05, 3.63) is 40.2 Å². The predicted octanol–water partition coefficient (Wildman–Crippen LogP) is 2.11. The van der Waals surface area contributed by atoms with Crippen molar-refractivity contribution >= 4 is 39.3 Å². The van der Waals surface area contributed by atoms with Crippen LogP contribution in [0.2, 0.25) is 0 Å². The summed E-state index contributed by atoms with van der Waals surface area (Å²) in [5.74, 6) is -0.298. The average molecular weight is 465 g/mol. The van der Waals surface area contributed by atoms with Crippen LogP contribution >= 0.6 is 15.9 Å². The molecule has 0 aliphatic carbocycles. The number of nitrogens with one attached hydrogen (secondary N) is 2. The molecule has 0 bridgehead atoms. The molecule has 1 saturated heterocycles. The van der Waals surface area contributed by atoms with Crippen molar-refractivity contribution in [1.29, 1.82) is 0 Å². The highest BCUT2D eigenvalue weighted by atomic mass is 79.9. The quantitative estimate of drug-likeness (QED) is 0.648. The van der Waals surface area contributed by atoms with Gasteiger partial charge in [0.15, 0.2) is 6.61 Å². The van der Waals surface area contributed by atoms with Crippen molar-refractivity contribution < 1.29 is 23.6 Å². The zero-order valence-electron chi connectivity index (χ0n) is 16.0. The molecule has 2 N–H and O–H groups in total. The van der Waals surface area contributed by atoms with Gasteiger partial charge in [0.1, 0.15) is 5.75 Å². The van der Waals surface area contributed by atoms with Crippen molar-refractivity contribution in [2.45, 2.75) is 26.3 Å². The topological polar surface area (TPSA) is 114 Å². The summed E-state index contributed by atoms with van der Waals surface area (Å²) in [5.41, 5.74) is 0.974. The molecular formula is C19H21BrN4O5. The highest BCUT2D eigenvalue weighted by Crippen LogP contribution is 2.29. The van der Waals surface area contributed by atoms with E-state index in [0.717, 1.165) is 4.47 Å². The fraction of sp³-hybridized carbons (Fsp3) is 0.368. The molecule has 1 aromatic carbocycles. The minimum atomic E-state index is -0.479. The third-order valence-electron chi connectivity index (χ3n) is 4.30. The van der Waals surface area contributed by atoms with E-state index in [2.05, 4.69) is 31.7 Å². The molecule has 1 aliphatic rings. The van der Waals surface area contributed by atoms with Crippen LogP contribution in [-0.2, 0) is 9.59 Å². The molecule has 9 nitrogen and oxygen atoms in total. The minimum Gasteiger partial charge on any atom is -0.482 e. The highest BCUT2D eigenvalue weighted by molar-refractivity contribution is 9.10. The maximum absolute atomic E-state index is 12.3. The first-order chi connectivity index (χ1) is 13.9. The fourth-order valence-electron chi connectivity index (χ4n) is 2.79. The van der Waals surface area contributed by atoms with Crippen LogP contribution in [0.15, 0.2) is 33.3 Å². The van der Waals surface area contributed by atoms with Crippen LogP contribution in [0.3, 0.4) is 0 Å². The van der Waals surface area contributed by atoms with Gasteiger partial charge >= 0.3 is 0 Å². The van der Waals surface area contributed by atoms with E-state index in [0.29, 0.717) is 36.6 Å². The number of carbonyl (C=O) groups excluding carboxylic acids is 3. The summed E-state index contributed by atoms with van der Waals surface area (Å²) in [6.45, 7) is 4.32. The SMILES string of the molecule is CCC(=O)N1CC(NC(=O)COc2ccc(Br)cc2NC(=O)c2cc(C)no2)C1. The number of amides is 3. The molecule has 1 aliphatic heterocycles. The standard InChI is InChI=1S/C19H21BrN4O5/c1-3-18(26)24-8-13(9-24)21-17(25)10-28-15-5-4-12(20)7-14(15)22-19(27)16-6-11(2)23-29-16/h4-7,13H,3,8-10H2,1-2H3,(H,21,25)(H,22,27). The molecule has 0 spiro atoms. The number of anilines is 1. The van der Waals surface area contributed by atoms with E-state index in [9.17, 15) is 14.4 Å². The Bertz CT molecular complexity index is 923. The Morgan fingerprint density at radius 3 is 2.72 bits per heavy atom. The Morgan fingerprint density at radius 2 is 2.07 bits per heavy atom. The average Bonchev–Trinajstić information content (AvgIpc) is 3.09. The Morgan fingerprint density at radius 1 is 1.31 bits per heavy atom. The number of aryl methyl sites for hydroxylation is 1. The number of rotatable bonds is 7. The molecule has 0 atom stereocenters. The van der Waals surface area contributed by atoms with E-state index in [1.54, 1.807) is 36.9 Å². The Hall–Kier alpha value is -2.88. The monoisotopic (exact) mass is 464 g/mol. The highest BCUT2D eigenvalue weighted by Gasteiger charge is 2.30. The lowest BCUT2D eigenvalue weighted by Crippen LogP contribution is -2.61. The fourth-order valence-corrected chi connectivity index (χ4v) is 3.15. The molecule has 2 aromatic rings. The molecule has 0 saturated carbocycles. The van der Waals surface area contributed by atoms with Gasteiger partial charge in [-0.05, 0) is 25.1 Å². The van der Waals surface area contributed by atoms with Crippen molar-refractivity contribution in [3.8, 4) is 5.75 Å². The minimum absolute atomic E-state index is 0.0691. The van der Waals surface area contributed by atoms with Gasteiger partial charge in [-0.2, -0.15) is 0 Å². The number of aromatic nitrogens is 1. The first-order valence-corrected chi connectivity index (χ1v) is 9.89. The van der Waals surface area contributed by atoms with Gasteiger partial charge in [0.25, 0.3) is 11.8 Å². The van der Waals surface area contributed by atoms with Gasteiger partial charge in [0.2, 0.25) is 11.7 Å². The number of ether oxygens (including phenoxy) is 1. The summed E-state index contributed by atoms with van der Waals surface area (Å²) in [4.78, 5) is 37.7. The summed E-state index contributed by atoms with van der Waals surface area (Å²) in [5, 5.41) is 9.19. The smallest absolute Gasteiger partial charge is 0.294 e. The molecule has 154 valence electrons. The maximum atomic E-state index is 12.3. The zero-order valence-corrected chi connectivity index (χ0v) is 17.6. The summed E-state index contributed by atoms with van der Waals surface area (Å²) >= 11 is 3.35. The summed E-state index contributed by atoms with van der Waals surface area (Å²) in [6.07, 6.45) is 0.454. The van der Waals surface area contributed by atoms with E-state index in [-0.39, 0.29) is 30.2 Å². The lowest BCUT2D eigenvalue weighted by Gasteiger charge is -2.39. The molecule has 0 radical (unpaired) electrons. The first-order valence-electron chi connectivity index (χ1n) is 9.10. The number of halogens is 1. The van der Waals surface area contributed by atoms with Crippen molar-refractivity contribution in [2.24, 2.45) is 0 Å². The van der Waals surface area contributed by atoms with Gasteiger partial charge in [-0.15, -0.1) is 0 Å². The van der Waals surface area contributed by atoms with E-state index in [1.165, 1.54) is 6.07 Å².